The third-order valence-corrected chi connectivity index (χ3v) is 4.74. The normalized spacial score (nSPS) is 12.6. The van der Waals surface area contributed by atoms with Gasteiger partial charge in [0.05, 0.1) is 11.1 Å². The Morgan fingerprint density at radius 3 is 2.15 bits per heavy atom. The summed E-state index contributed by atoms with van der Waals surface area (Å²) in [4.78, 5) is 4.52. The summed E-state index contributed by atoms with van der Waals surface area (Å²) in [6, 6.07) is 13.6. The van der Waals surface area contributed by atoms with E-state index in [0.717, 1.165) is 33.2 Å². The Labute approximate surface area is 151 Å². The summed E-state index contributed by atoms with van der Waals surface area (Å²) in [5, 5.41) is 1.86. The number of hydrogen-bond acceptors (Lipinski definition) is 1. The number of alkyl halides is 3. The summed E-state index contributed by atoms with van der Waals surface area (Å²) in [5.74, 6) is 0. The predicted octanol–water partition coefficient (Wildman–Crippen LogP) is 6.65. The smallest absolute Gasteiger partial charge is 0.256 e. The number of rotatable bonds is 3. The molecule has 2 aromatic carbocycles. The maximum atomic E-state index is 13.2. The first kappa shape index (κ1) is 18.4. The number of aryl methyl sites for hydroxylation is 2. The van der Waals surface area contributed by atoms with Gasteiger partial charge in [0.15, 0.2) is 0 Å². The van der Waals surface area contributed by atoms with Gasteiger partial charge in [-0.05, 0) is 49.4 Å². The highest BCUT2D eigenvalue weighted by atomic mass is 19.4. The summed E-state index contributed by atoms with van der Waals surface area (Å²) in [6.07, 6.45) is -2.56. The molecule has 0 radical (unpaired) electrons. The fourth-order valence-corrected chi connectivity index (χ4v) is 3.29. The van der Waals surface area contributed by atoms with Gasteiger partial charge in [0.2, 0.25) is 0 Å². The van der Waals surface area contributed by atoms with Crippen molar-refractivity contribution in [2.75, 3.05) is 0 Å². The lowest BCUT2D eigenvalue weighted by molar-refractivity contribution is -0.211. The van der Waals surface area contributed by atoms with E-state index in [0.29, 0.717) is 5.56 Å². The molecule has 3 aromatic rings. The van der Waals surface area contributed by atoms with Gasteiger partial charge in [0.1, 0.15) is 0 Å². The molecule has 136 valence electrons. The number of fused-ring (bicyclic) bond motifs is 1. The van der Waals surface area contributed by atoms with E-state index in [9.17, 15) is 13.2 Å². The summed E-state index contributed by atoms with van der Waals surface area (Å²) >= 11 is 0. The molecule has 0 atom stereocenters. The Hall–Kier alpha value is -2.36. The zero-order chi connectivity index (χ0) is 19.1. The van der Waals surface area contributed by atoms with E-state index in [-0.39, 0.29) is 6.42 Å². The monoisotopic (exact) mass is 357 g/mol. The van der Waals surface area contributed by atoms with Crippen LogP contribution in [0.25, 0.3) is 22.0 Å². The van der Waals surface area contributed by atoms with Crippen LogP contribution in [0.3, 0.4) is 0 Å². The van der Waals surface area contributed by atoms with Crippen LogP contribution in [0.4, 0.5) is 13.2 Å². The average Bonchev–Trinajstić information content (AvgIpc) is 2.51. The van der Waals surface area contributed by atoms with Crippen LogP contribution in [0, 0.1) is 19.3 Å². The Balaban J connectivity index is 2.05. The second-order valence-corrected chi connectivity index (χ2v) is 7.65. The van der Waals surface area contributed by atoms with Crippen LogP contribution in [0.5, 0.6) is 0 Å². The molecule has 1 nitrogen and oxygen atoms in total. The van der Waals surface area contributed by atoms with Crippen molar-refractivity contribution < 1.29 is 13.2 Å². The highest BCUT2D eigenvalue weighted by Gasteiger charge is 2.46. The van der Waals surface area contributed by atoms with Crippen molar-refractivity contribution in [3.63, 3.8) is 0 Å². The van der Waals surface area contributed by atoms with Crippen molar-refractivity contribution >= 4 is 10.8 Å². The molecular formula is C22H22F3N. The Bertz CT molecular complexity index is 935. The first-order valence-corrected chi connectivity index (χ1v) is 8.60. The molecule has 0 bridgehead atoms. The van der Waals surface area contributed by atoms with Crippen LogP contribution in [-0.2, 0) is 6.42 Å². The zero-order valence-corrected chi connectivity index (χ0v) is 15.4. The molecule has 1 aromatic heterocycles. The second-order valence-electron chi connectivity index (χ2n) is 7.65. The molecule has 0 unspecified atom stereocenters. The van der Waals surface area contributed by atoms with Crippen molar-refractivity contribution in [2.24, 2.45) is 5.41 Å². The molecule has 0 fully saturated rings. The van der Waals surface area contributed by atoms with Gasteiger partial charge in [0.25, 0.3) is 0 Å². The molecule has 1 heterocycles. The summed E-state index contributed by atoms with van der Waals surface area (Å²) in [5.41, 5.74) is 3.11. The number of nitrogens with zero attached hydrogens (tertiary/aromatic N) is 1. The van der Waals surface area contributed by atoms with Crippen molar-refractivity contribution in [1.82, 2.24) is 4.98 Å². The van der Waals surface area contributed by atoms with Crippen LogP contribution < -0.4 is 0 Å². The first-order valence-electron chi connectivity index (χ1n) is 8.60. The Kier molecular flexibility index (Phi) is 4.55. The second kappa shape index (κ2) is 6.42. The molecule has 4 heteroatoms. The molecule has 0 aliphatic heterocycles. The van der Waals surface area contributed by atoms with Gasteiger partial charge in [-0.2, -0.15) is 13.2 Å². The standard InChI is InChI=1S/C22H22F3N/c1-14-9-15(2)11-18(10-14)20-19-6-5-16(12-17(19)7-8-26-20)13-21(3,4)22(23,24)25/h5-12H,13H2,1-4H3. The molecular weight excluding hydrogens is 335 g/mol. The molecule has 3 rings (SSSR count). The van der Waals surface area contributed by atoms with E-state index in [1.807, 2.05) is 32.0 Å². The molecule has 0 N–H and O–H groups in total. The van der Waals surface area contributed by atoms with E-state index in [2.05, 4.69) is 23.2 Å². The number of pyridine rings is 1. The fraction of sp³-hybridized carbons (Fsp3) is 0.318. The van der Waals surface area contributed by atoms with Crippen molar-refractivity contribution in [3.8, 4) is 11.3 Å². The molecule has 0 aliphatic carbocycles. The van der Waals surface area contributed by atoms with Crippen LogP contribution in [-0.4, -0.2) is 11.2 Å². The van der Waals surface area contributed by atoms with Crippen LogP contribution in [0.15, 0.2) is 48.7 Å². The van der Waals surface area contributed by atoms with E-state index in [4.69, 9.17) is 0 Å². The molecule has 0 saturated heterocycles. The summed E-state index contributed by atoms with van der Waals surface area (Å²) in [6.45, 7) is 6.56. The minimum absolute atomic E-state index is 0.0480. The van der Waals surface area contributed by atoms with Crippen molar-refractivity contribution in [3.05, 3.63) is 65.4 Å². The summed E-state index contributed by atoms with van der Waals surface area (Å²) in [7, 11) is 0. The molecule has 0 aliphatic rings. The van der Waals surface area contributed by atoms with E-state index < -0.39 is 11.6 Å². The quantitative estimate of drug-likeness (QED) is 0.511. The lowest BCUT2D eigenvalue weighted by atomic mass is 9.84. The maximum Gasteiger partial charge on any atom is 0.394 e. The molecule has 0 amide bonds. The Morgan fingerprint density at radius 2 is 1.54 bits per heavy atom. The van der Waals surface area contributed by atoms with Gasteiger partial charge in [0, 0.05) is 17.1 Å². The largest absolute Gasteiger partial charge is 0.394 e. The molecule has 26 heavy (non-hydrogen) atoms. The van der Waals surface area contributed by atoms with E-state index in [1.165, 1.54) is 13.8 Å². The van der Waals surface area contributed by atoms with Crippen molar-refractivity contribution in [1.29, 1.82) is 0 Å². The average molecular weight is 357 g/mol. The van der Waals surface area contributed by atoms with Crippen molar-refractivity contribution in [2.45, 2.75) is 40.3 Å². The van der Waals surface area contributed by atoms with Gasteiger partial charge in [-0.15, -0.1) is 0 Å². The number of halogens is 3. The highest BCUT2D eigenvalue weighted by Crippen LogP contribution is 2.40. The van der Waals surface area contributed by atoms with E-state index >= 15 is 0 Å². The molecule has 0 saturated carbocycles. The summed E-state index contributed by atoms with van der Waals surface area (Å²) < 4.78 is 39.6. The molecule has 0 spiro atoms. The minimum atomic E-state index is -4.23. The third-order valence-electron chi connectivity index (χ3n) is 4.74. The number of benzene rings is 2. The third kappa shape index (κ3) is 3.59. The SMILES string of the molecule is Cc1cc(C)cc(-c2nccc3cc(CC(C)(C)C(F)(F)F)ccc23)c1. The number of hydrogen-bond donors (Lipinski definition) is 0. The maximum absolute atomic E-state index is 13.2. The van der Waals surface area contributed by atoms with Gasteiger partial charge in [-0.25, -0.2) is 0 Å². The van der Waals surface area contributed by atoms with Crippen LogP contribution in [0.2, 0.25) is 0 Å². The topological polar surface area (TPSA) is 12.9 Å². The van der Waals surface area contributed by atoms with Crippen LogP contribution in [0.1, 0.15) is 30.5 Å². The lowest BCUT2D eigenvalue weighted by Gasteiger charge is -2.27. The van der Waals surface area contributed by atoms with Crippen LogP contribution >= 0.6 is 0 Å². The fourth-order valence-electron chi connectivity index (χ4n) is 3.29. The number of aromatic nitrogens is 1. The Morgan fingerprint density at radius 1 is 0.885 bits per heavy atom. The highest BCUT2D eigenvalue weighted by molar-refractivity contribution is 5.95. The first-order chi connectivity index (χ1) is 12.1. The van der Waals surface area contributed by atoms with Gasteiger partial charge in [-0.1, -0.05) is 49.2 Å². The van der Waals surface area contributed by atoms with Gasteiger partial charge >= 0.3 is 6.18 Å². The predicted molar refractivity (Wildman–Crippen MR) is 100 cm³/mol. The van der Waals surface area contributed by atoms with Gasteiger partial charge < -0.3 is 0 Å². The van der Waals surface area contributed by atoms with E-state index in [1.54, 1.807) is 12.3 Å². The lowest BCUT2D eigenvalue weighted by Crippen LogP contribution is -2.34. The minimum Gasteiger partial charge on any atom is -0.256 e. The zero-order valence-electron chi connectivity index (χ0n) is 15.4. The van der Waals surface area contributed by atoms with Gasteiger partial charge in [-0.3, -0.25) is 4.98 Å².